The SMILES string of the molecule is Cl.N=C(N)N1CCC(CCC(=O)OSc2ccccc2)CC1. The van der Waals surface area contributed by atoms with Gasteiger partial charge < -0.3 is 14.8 Å². The molecule has 2 rings (SSSR count). The third kappa shape index (κ3) is 6.15. The largest absolute Gasteiger partial charge is 0.386 e. The Balaban J connectivity index is 0.00000242. The highest BCUT2D eigenvalue weighted by molar-refractivity contribution is 7.95. The molecule has 1 aliphatic heterocycles. The average Bonchev–Trinajstić information content (AvgIpc) is 2.52. The van der Waals surface area contributed by atoms with Gasteiger partial charge in [-0.15, -0.1) is 12.4 Å². The zero-order valence-electron chi connectivity index (χ0n) is 12.4. The second-order valence-electron chi connectivity index (χ2n) is 5.21. The van der Waals surface area contributed by atoms with Gasteiger partial charge in [-0.05, 0) is 37.3 Å². The van der Waals surface area contributed by atoms with E-state index in [4.69, 9.17) is 15.3 Å². The van der Waals surface area contributed by atoms with E-state index in [1.807, 2.05) is 35.2 Å². The van der Waals surface area contributed by atoms with Crippen LogP contribution >= 0.6 is 24.4 Å². The lowest BCUT2D eigenvalue weighted by Gasteiger charge is -2.31. The summed E-state index contributed by atoms with van der Waals surface area (Å²) in [4.78, 5) is 14.5. The summed E-state index contributed by atoms with van der Waals surface area (Å²) in [5.41, 5.74) is 5.46. The summed E-state index contributed by atoms with van der Waals surface area (Å²) in [5.74, 6) is 0.500. The molecular weight excluding hydrogens is 322 g/mol. The van der Waals surface area contributed by atoms with Crippen LogP contribution < -0.4 is 5.73 Å². The number of piperidine rings is 1. The van der Waals surface area contributed by atoms with Gasteiger partial charge >= 0.3 is 5.97 Å². The molecule has 1 fully saturated rings. The van der Waals surface area contributed by atoms with Gasteiger partial charge in [0.1, 0.15) is 0 Å². The van der Waals surface area contributed by atoms with E-state index >= 15 is 0 Å². The van der Waals surface area contributed by atoms with Gasteiger partial charge in [0.25, 0.3) is 0 Å². The number of hydrogen-bond acceptors (Lipinski definition) is 4. The number of benzene rings is 1. The van der Waals surface area contributed by atoms with Gasteiger partial charge in [0.15, 0.2) is 5.96 Å². The number of carbonyl (C=O) groups excluding carboxylic acids is 1. The van der Waals surface area contributed by atoms with Crippen molar-refractivity contribution in [1.29, 1.82) is 5.41 Å². The Morgan fingerprint density at radius 2 is 1.95 bits per heavy atom. The molecular formula is C15H22ClN3O2S. The van der Waals surface area contributed by atoms with Gasteiger partial charge in [0, 0.05) is 24.4 Å². The van der Waals surface area contributed by atoms with Crippen molar-refractivity contribution in [2.45, 2.75) is 30.6 Å². The highest BCUT2D eigenvalue weighted by Crippen LogP contribution is 2.24. The first-order chi connectivity index (χ1) is 10.1. The Labute approximate surface area is 141 Å². The molecule has 22 heavy (non-hydrogen) atoms. The van der Waals surface area contributed by atoms with Crippen LogP contribution in [0.25, 0.3) is 0 Å². The van der Waals surface area contributed by atoms with E-state index in [1.165, 1.54) is 0 Å². The Kier molecular flexibility index (Phi) is 8.12. The number of nitrogens with two attached hydrogens (primary N) is 1. The van der Waals surface area contributed by atoms with Crippen molar-refractivity contribution in [1.82, 2.24) is 4.90 Å². The van der Waals surface area contributed by atoms with E-state index in [9.17, 15) is 4.79 Å². The lowest BCUT2D eigenvalue weighted by molar-refractivity contribution is -0.133. The van der Waals surface area contributed by atoms with Crippen LogP contribution in [0.4, 0.5) is 0 Å². The molecule has 1 aromatic carbocycles. The van der Waals surface area contributed by atoms with Crippen molar-refractivity contribution < 1.29 is 8.98 Å². The zero-order valence-corrected chi connectivity index (χ0v) is 14.0. The molecule has 1 saturated heterocycles. The first-order valence-electron chi connectivity index (χ1n) is 7.16. The van der Waals surface area contributed by atoms with E-state index in [1.54, 1.807) is 0 Å². The van der Waals surface area contributed by atoms with Crippen LogP contribution in [0, 0.1) is 11.3 Å². The molecule has 0 bridgehead atoms. The molecule has 0 saturated carbocycles. The third-order valence-electron chi connectivity index (χ3n) is 3.69. The van der Waals surface area contributed by atoms with E-state index in [0.29, 0.717) is 12.3 Å². The van der Waals surface area contributed by atoms with Crippen molar-refractivity contribution in [2.24, 2.45) is 11.7 Å². The summed E-state index contributed by atoms with van der Waals surface area (Å²) in [6, 6.07) is 9.59. The van der Waals surface area contributed by atoms with Gasteiger partial charge in [-0.1, -0.05) is 18.2 Å². The lowest BCUT2D eigenvalue weighted by Crippen LogP contribution is -2.42. The summed E-state index contributed by atoms with van der Waals surface area (Å²) in [6.45, 7) is 1.63. The van der Waals surface area contributed by atoms with Gasteiger partial charge in [0.05, 0.1) is 12.0 Å². The Morgan fingerprint density at radius 3 is 2.55 bits per heavy atom. The Morgan fingerprint density at radius 1 is 1.32 bits per heavy atom. The third-order valence-corrected chi connectivity index (χ3v) is 4.42. The minimum Gasteiger partial charge on any atom is -0.386 e. The number of halogens is 1. The van der Waals surface area contributed by atoms with Crippen LogP contribution in [-0.4, -0.2) is 29.9 Å². The molecule has 0 atom stereocenters. The zero-order chi connectivity index (χ0) is 15.1. The van der Waals surface area contributed by atoms with Gasteiger partial charge in [-0.3, -0.25) is 10.2 Å². The van der Waals surface area contributed by atoms with E-state index in [2.05, 4.69) is 0 Å². The topological polar surface area (TPSA) is 79.4 Å². The molecule has 1 aromatic rings. The second-order valence-corrected chi connectivity index (χ2v) is 6.01. The maximum absolute atomic E-state index is 11.7. The van der Waals surface area contributed by atoms with Crippen molar-refractivity contribution >= 4 is 36.4 Å². The predicted octanol–water partition coefficient (Wildman–Crippen LogP) is 3.04. The second kappa shape index (κ2) is 9.58. The Hall–Kier alpha value is -1.40. The number of carbonyl (C=O) groups is 1. The molecule has 0 radical (unpaired) electrons. The fraction of sp³-hybridized carbons (Fsp3) is 0.467. The number of guanidine groups is 1. The number of likely N-dealkylation sites (tertiary alicyclic amines) is 1. The lowest BCUT2D eigenvalue weighted by atomic mass is 9.92. The molecule has 0 amide bonds. The molecule has 122 valence electrons. The van der Waals surface area contributed by atoms with Crippen molar-refractivity contribution in [3.8, 4) is 0 Å². The number of nitrogens with zero attached hydrogens (tertiary/aromatic N) is 1. The number of hydrogen-bond donors (Lipinski definition) is 2. The summed E-state index contributed by atoms with van der Waals surface area (Å²) in [6.07, 6.45) is 3.27. The average molecular weight is 344 g/mol. The molecule has 1 aliphatic rings. The van der Waals surface area contributed by atoms with Crippen LogP contribution in [0.2, 0.25) is 0 Å². The van der Waals surface area contributed by atoms with E-state index < -0.39 is 0 Å². The number of nitrogens with one attached hydrogen (secondary N) is 1. The first-order valence-corrected chi connectivity index (χ1v) is 7.90. The van der Waals surface area contributed by atoms with Crippen molar-refractivity contribution in [2.75, 3.05) is 13.1 Å². The Bertz CT molecular complexity index is 479. The standard InChI is InChI=1S/C15H21N3O2S.ClH/c16-15(17)18-10-8-12(9-11-18)6-7-14(19)20-21-13-4-2-1-3-5-13;/h1-5,12H,6-11H2,(H3,16,17);1H. The number of rotatable bonds is 5. The van der Waals surface area contributed by atoms with Crippen LogP contribution in [0.5, 0.6) is 0 Å². The van der Waals surface area contributed by atoms with E-state index in [-0.39, 0.29) is 24.3 Å². The van der Waals surface area contributed by atoms with Crippen LogP contribution in [0.15, 0.2) is 35.2 Å². The van der Waals surface area contributed by atoms with E-state index in [0.717, 1.165) is 49.3 Å². The van der Waals surface area contributed by atoms with Crippen molar-refractivity contribution in [3.05, 3.63) is 30.3 Å². The molecule has 0 unspecified atom stereocenters. The van der Waals surface area contributed by atoms with Crippen LogP contribution in [0.3, 0.4) is 0 Å². The minimum atomic E-state index is -0.169. The summed E-state index contributed by atoms with van der Waals surface area (Å²) in [5, 5.41) is 7.39. The fourth-order valence-electron chi connectivity index (χ4n) is 2.40. The normalized spacial score (nSPS) is 15.0. The maximum Gasteiger partial charge on any atom is 0.318 e. The summed E-state index contributed by atoms with van der Waals surface area (Å²) in [7, 11) is 0. The first kappa shape index (κ1) is 18.6. The smallest absolute Gasteiger partial charge is 0.318 e. The van der Waals surface area contributed by atoms with Gasteiger partial charge in [0.2, 0.25) is 0 Å². The monoisotopic (exact) mass is 343 g/mol. The molecule has 5 nitrogen and oxygen atoms in total. The fourth-order valence-corrected chi connectivity index (χ4v) is 2.94. The summed E-state index contributed by atoms with van der Waals surface area (Å²) >= 11 is 1.12. The summed E-state index contributed by atoms with van der Waals surface area (Å²) < 4.78 is 5.19. The maximum atomic E-state index is 11.7. The molecule has 7 heteroatoms. The molecule has 1 heterocycles. The van der Waals surface area contributed by atoms with Gasteiger partial charge in [-0.2, -0.15) is 0 Å². The highest BCUT2D eigenvalue weighted by atomic mass is 35.5. The molecule has 0 aromatic heterocycles. The molecule has 3 N–H and O–H groups in total. The molecule has 0 aliphatic carbocycles. The van der Waals surface area contributed by atoms with Crippen molar-refractivity contribution in [3.63, 3.8) is 0 Å². The quantitative estimate of drug-likeness (QED) is 0.488. The van der Waals surface area contributed by atoms with Crippen LogP contribution in [0.1, 0.15) is 25.7 Å². The molecule has 0 spiro atoms. The van der Waals surface area contributed by atoms with Gasteiger partial charge in [-0.25, -0.2) is 0 Å². The van der Waals surface area contributed by atoms with Crippen LogP contribution in [-0.2, 0) is 8.98 Å². The minimum absolute atomic E-state index is 0. The highest BCUT2D eigenvalue weighted by Gasteiger charge is 2.20. The predicted molar refractivity (Wildman–Crippen MR) is 91.1 cm³/mol.